The first-order chi connectivity index (χ1) is 10.8. The van der Waals surface area contributed by atoms with Crippen molar-refractivity contribution in [3.8, 4) is 0 Å². The van der Waals surface area contributed by atoms with Crippen molar-refractivity contribution in [2.24, 2.45) is 11.7 Å². The molecule has 0 saturated heterocycles. The number of hydrogen-bond acceptors (Lipinski definition) is 2. The van der Waals surface area contributed by atoms with Crippen molar-refractivity contribution in [1.29, 1.82) is 0 Å². The van der Waals surface area contributed by atoms with Gasteiger partial charge in [-0.05, 0) is 78.7 Å². The first-order valence-corrected chi connectivity index (χ1v) is 10.3. The molecule has 1 aromatic rings. The number of nitrogens with two attached hydrogens (primary N) is 1. The number of thioether (sulfide) groups is 1. The first kappa shape index (κ1) is 17.9. The molecule has 2 atom stereocenters. The lowest BCUT2D eigenvalue weighted by molar-refractivity contribution is 0.508. The number of hydrogen-bond donors (Lipinski definition) is 1. The van der Waals surface area contributed by atoms with Crippen molar-refractivity contribution in [2.75, 3.05) is 18.1 Å². The van der Waals surface area contributed by atoms with E-state index in [2.05, 4.69) is 43.8 Å². The van der Waals surface area contributed by atoms with Gasteiger partial charge in [-0.1, -0.05) is 44.9 Å². The van der Waals surface area contributed by atoms with Crippen LogP contribution in [0, 0.1) is 5.92 Å². The fraction of sp³-hybridized carbons (Fsp3) is 0.700. The van der Waals surface area contributed by atoms with Crippen molar-refractivity contribution < 1.29 is 0 Å². The number of fused-ring (bicyclic) bond motifs is 1. The van der Waals surface area contributed by atoms with Crippen molar-refractivity contribution in [3.05, 3.63) is 34.9 Å². The Labute approximate surface area is 141 Å². The van der Waals surface area contributed by atoms with Crippen molar-refractivity contribution in [3.63, 3.8) is 0 Å². The molecule has 0 fully saturated rings. The number of benzene rings is 1. The van der Waals surface area contributed by atoms with Gasteiger partial charge in [0, 0.05) is 0 Å². The smallest absolute Gasteiger partial charge is 0.000824 e. The molecule has 2 N–H and O–H groups in total. The van der Waals surface area contributed by atoms with Gasteiger partial charge < -0.3 is 5.73 Å². The highest BCUT2D eigenvalue weighted by molar-refractivity contribution is 7.99. The second kappa shape index (κ2) is 9.62. The van der Waals surface area contributed by atoms with Crippen LogP contribution in [-0.2, 0) is 12.8 Å². The Morgan fingerprint density at radius 2 is 2.09 bits per heavy atom. The summed E-state index contributed by atoms with van der Waals surface area (Å²) in [5.41, 5.74) is 10.6. The summed E-state index contributed by atoms with van der Waals surface area (Å²) in [6, 6.07) is 7.20. The van der Waals surface area contributed by atoms with Crippen molar-refractivity contribution in [1.82, 2.24) is 0 Å². The fourth-order valence-electron chi connectivity index (χ4n) is 3.51. The predicted molar refractivity (Wildman–Crippen MR) is 101 cm³/mol. The molecule has 2 unspecified atom stereocenters. The van der Waals surface area contributed by atoms with E-state index in [4.69, 9.17) is 5.73 Å². The SMILES string of the molecule is CCCCSCC1CCc2cc(C(CN)CCC)ccc2C1. The summed E-state index contributed by atoms with van der Waals surface area (Å²) in [6.45, 7) is 5.31. The van der Waals surface area contributed by atoms with Crippen LogP contribution in [-0.4, -0.2) is 18.1 Å². The minimum absolute atomic E-state index is 0.553. The van der Waals surface area contributed by atoms with E-state index >= 15 is 0 Å². The van der Waals surface area contributed by atoms with E-state index in [1.807, 2.05) is 0 Å². The molecule has 124 valence electrons. The largest absolute Gasteiger partial charge is 0.330 e. The first-order valence-electron chi connectivity index (χ1n) is 9.17. The quantitative estimate of drug-likeness (QED) is 0.636. The van der Waals surface area contributed by atoms with E-state index in [1.54, 1.807) is 11.1 Å². The third kappa shape index (κ3) is 5.03. The summed E-state index contributed by atoms with van der Waals surface area (Å²) in [5, 5.41) is 0. The normalized spacial score (nSPS) is 19.0. The van der Waals surface area contributed by atoms with E-state index in [0.29, 0.717) is 5.92 Å². The summed E-state index contributed by atoms with van der Waals surface area (Å²) < 4.78 is 0. The van der Waals surface area contributed by atoms with Gasteiger partial charge >= 0.3 is 0 Å². The average molecular weight is 320 g/mol. The molecule has 0 aromatic heterocycles. The molecule has 1 aliphatic carbocycles. The van der Waals surface area contributed by atoms with E-state index in [1.165, 1.54) is 62.0 Å². The van der Waals surface area contributed by atoms with Crippen LogP contribution < -0.4 is 5.73 Å². The lowest BCUT2D eigenvalue weighted by Crippen LogP contribution is -2.18. The monoisotopic (exact) mass is 319 g/mol. The Kier molecular flexibility index (Phi) is 7.82. The van der Waals surface area contributed by atoms with Crippen LogP contribution in [0.5, 0.6) is 0 Å². The molecule has 2 rings (SSSR count). The Balaban J connectivity index is 1.93. The molecule has 0 amide bonds. The Morgan fingerprint density at radius 3 is 2.82 bits per heavy atom. The fourth-order valence-corrected chi connectivity index (χ4v) is 4.79. The zero-order chi connectivity index (χ0) is 15.8. The summed E-state index contributed by atoms with van der Waals surface area (Å²) >= 11 is 2.16. The van der Waals surface area contributed by atoms with Crippen LogP contribution in [0.15, 0.2) is 18.2 Å². The van der Waals surface area contributed by atoms with Gasteiger partial charge in [0.15, 0.2) is 0 Å². The van der Waals surface area contributed by atoms with E-state index in [9.17, 15) is 0 Å². The molecule has 0 aliphatic heterocycles. The topological polar surface area (TPSA) is 26.0 Å². The lowest BCUT2D eigenvalue weighted by Gasteiger charge is -2.26. The second-order valence-corrected chi connectivity index (χ2v) is 7.94. The molecule has 0 bridgehead atoms. The second-order valence-electron chi connectivity index (χ2n) is 6.79. The summed E-state index contributed by atoms with van der Waals surface area (Å²) in [7, 11) is 0. The molecule has 0 heterocycles. The zero-order valence-electron chi connectivity index (χ0n) is 14.4. The van der Waals surface area contributed by atoms with Gasteiger partial charge in [0.1, 0.15) is 0 Å². The van der Waals surface area contributed by atoms with Crippen LogP contribution in [0.3, 0.4) is 0 Å². The third-order valence-electron chi connectivity index (χ3n) is 4.95. The standard InChI is InChI=1S/C20H33NS/c1-3-5-11-22-15-16-7-8-18-13-19(10-9-17(18)12-16)20(14-21)6-4-2/h9-10,13,16,20H,3-8,11-12,14-15,21H2,1-2H3. The molecule has 0 spiro atoms. The summed E-state index contributed by atoms with van der Waals surface area (Å²) in [5.74, 6) is 4.13. The highest BCUT2D eigenvalue weighted by atomic mass is 32.2. The molecular formula is C20H33NS. The van der Waals surface area contributed by atoms with Crippen LogP contribution in [0.2, 0.25) is 0 Å². The van der Waals surface area contributed by atoms with E-state index in [-0.39, 0.29) is 0 Å². The molecule has 1 aromatic carbocycles. The molecular weight excluding hydrogens is 286 g/mol. The molecule has 1 nitrogen and oxygen atoms in total. The van der Waals surface area contributed by atoms with E-state index < -0.39 is 0 Å². The van der Waals surface area contributed by atoms with Gasteiger partial charge in [0.2, 0.25) is 0 Å². The average Bonchev–Trinajstić information content (AvgIpc) is 2.56. The van der Waals surface area contributed by atoms with Gasteiger partial charge in [-0.2, -0.15) is 11.8 Å². The maximum absolute atomic E-state index is 5.97. The Morgan fingerprint density at radius 1 is 1.23 bits per heavy atom. The number of unbranched alkanes of at least 4 members (excludes halogenated alkanes) is 1. The molecule has 1 aliphatic rings. The minimum Gasteiger partial charge on any atom is -0.330 e. The van der Waals surface area contributed by atoms with Crippen molar-refractivity contribution in [2.45, 2.75) is 64.7 Å². The predicted octanol–water partition coefficient (Wildman–Crippen LogP) is 5.17. The summed E-state index contributed by atoms with van der Waals surface area (Å²) in [4.78, 5) is 0. The number of rotatable bonds is 9. The highest BCUT2D eigenvalue weighted by Gasteiger charge is 2.20. The van der Waals surface area contributed by atoms with Gasteiger partial charge in [-0.25, -0.2) is 0 Å². The lowest BCUT2D eigenvalue weighted by atomic mass is 9.82. The van der Waals surface area contributed by atoms with Crippen LogP contribution in [0.1, 0.15) is 68.6 Å². The molecule has 2 heteroatoms. The molecule has 0 saturated carbocycles. The third-order valence-corrected chi connectivity index (χ3v) is 6.23. The van der Waals surface area contributed by atoms with Gasteiger partial charge in [-0.3, -0.25) is 0 Å². The number of aryl methyl sites for hydroxylation is 1. The van der Waals surface area contributed by atoms with Gasteiger partial charge in [0.25, 0.3) is 0 Å². The van der Waals surface area contributed by atoms with Crippen molar-refractivity contribution >= 4 is 11.8 Å². The molecule has 0 radical (unpaired) electrons. The summed E-state index contributed by atoms with van der Waals surface area (Å²) in [6.07, 6.45) is 9.05. The molecule has 22 heavy (non-hydrogen) atoms. The van der Waals surface area contributed by atoms with E-state index in [0.717, 1.165) is 12.5 Å². The zero-order valence-corrected chi connectivity index (χ0v) is 15.3. The maximum Gasteiger partial charge on any atom is -0.000824 e. The maximum atomic E-state index is 5.97. The minimum atomic E-state index is 0.553. The van der Waals surface area contributed by atoms with Crippen LogP contribution in [0.25, 0.3) is 0 Å². The highest BCUT2D eigenvalue weighted by Crippen LogP contribution is 2.31. The Hall–Kier alpha value is -0.470. The van der Waals surface area contributed by atoms with Crippen LogP contribution >= 0.6 is 11.8 Å². The van der Waals surface area contributed by atoms with Crippen LogP contribution in [0.4, 0.5) is 0 Å². The van der Waals surface area contributed by atoms with Gasteiger partial charge in [0.05, 0.1) is 0 Å². The van der Waals surface area contributed by atoms with Gasteiger partial charge in [-0.15, -0.1) is 0 Å². The Bertz CT molecular complexity index is 443.